The molecule has 0 unspecified atom stereocenters. The molecular formula is C10H7ClFNS. The molecule has 1 aromatic carbocycles. The molecule has 0 fully saturated rings. The van der Waals surface area contributed by atoms with Crippen molar-refractivity contribution < 1.29 is 4.39 Å². The molecule has 0 bridgehead atoms. The smallest absolute Gasteiger partial charge is 0.133 e. The Morgan fingerprint density at radius 2 is 2.21 bits per heavy atom. The first-order valence-corrected chi connectivity index (χ1v) is 5.30. The van der Waals surface area contributed by atoms with Gasteiger partial charge in [-0.2, -0.15) is 0 Å². The Balaban J connectivity index is 2.55. The standard InChI is InChI=1S/C10H7ClFNS/c1-6-5-14-10(13-6)8-4-7(11)2-3-9(8)12/h2-5H,1H3. The third-order valence-electron chi connectivity index (χ3n) is 1.78. The Labute approximate surface area is 90.2 Å². The van der Waals surface area contributed by atoms with Crippen LogP contribution in [0, 0.1) is 12.7 Å². The topological polar surface area (TPSA) is 12.9 Å². The van der Waals surface area contributed by atoms with E-state index in [1.165, 1.54) is 23.5 Å². The Bertz CT molecular complexity index is 467. The van der Waals surface area contributed by atoms with Crippen LogP contribution in [0.25, 0.3) is 10.6 Å². The minimum Gasteiger partial charge on any atom is -0.241 e. The largest absolute Gasteiger partial charge is 0.241 e. The van der Waals surface area contributed by atoms with Crippen molar-refractivity contribution in [3.8, 4) is 10.6 Å². The summed E-state index contributed by atoms with van der Waals surface area (Å²) in [7, 11) is 0. The second-order valence-corrected chi connectivity index (χ2v) is 4.21. The maximum atomic E-state index is 13.4. The summed E-state index contributed by atoms with van der Waals surface area (Å²) in [6, 6.07) is 4.48. The molecule has 0 aliphatic heterocycles. The normalized spacial score (nSPS) is 10.5. The summed E-state index contributed by atoms with van der Waals surface area (Å²) in [6.45, 7) is 1.88. The first kappa shape index (κ1) is 9.62. The van der Waals surface area contributed by atoms with Crippen molar-refractivity contribution in [3.05, 3.63) is 40.1 Å². The Morgan fingerprint density at radius 3 is 2.86 bits per heavy atom. The summed E-state index contributed by atoms with van der Waals surface area (Å²) in [6.07, 6.45) is 0. The van der Waals surface area contributed by atoms with E-state index in [4.69, 9.17) is 11.6 Å². The second kappa shape index (κ2) is 3.67. The van der Waals surface area contributed by atoms with E-state index in [0.717, 1.165) is 5.69 Å². The van der Waals surface area contributed by atoms with E-state index in [1.807, 2.05) is 12.3 Å². The van der Waals surface area contributed by atoms with E-state index >= 15 is 0 Å². The van der Waals surface area contributed by atoms with Crippen LogP contribution in [0.1, 0.15) is 5.69 Å². The molecule has 0 amide bonds. The number of hydrogen-bond donors (Lipinski definition) is 0. The zero-order chi connectivity index (χ0) is 10.1. The Kier molecular flexibility index (Phi) is 2.52. The lowest BCUT2D eigenvalue weighted by Gasteiger charge is -1.98. The SMILES string of the molecule is Cc1csc(-c2cc(Cl)ccc2F)n1. The fraction of sp³-hybridized carbons (Fsp3) is 0.100. The lowest BCUT2D eigenvalue weighted by atomic mass is 10.2. The molecule has 0 saturated carbocycles. The maximum Gasteiger partial charge on any atom is 0.133 e. The van der Waals surface area contributed by atoms with Crippen LogP contribution in [-0.2, 0) is 0 Å². The average Bonchev–Trinajstić information content (AvgIpc) is 2.56. The molecule has 1 heterocycles. The summed E-state index contributed by atoms with van der Waals surface area (Å²) >= 11 is 7.20. The van der Waals surface area contributed by atoms with Gasteiger partial charge in [0.15, 0.2) is 0 Å². The van der Waals surface area contributed by atoms with E-state index in [2.05, 4.69) is 4.98 Å². The van der Waals surface area contributed by atoms with Gasteiger partial charge in [-0.05, 0) is 25.1 Å². The van der Waals surface area contributed by atoms with E-state index in [1.54, 1.807) is 6.07 Å². The average molecular weight is 228 g/mol. The highest BCUT2D eigenvalue weighted by Crippen LogP contribution is 2.28. The lowest BCUT2D eigenvalue weighted by molar-refractivity contribution is 0.631. The maximum absolute atomic E-state index is 13.4. The third-order valence-corrected chi connectivity index (χ3v) is 3.01. The first-order valence-electron chi connectivity index (χ1n) is 4.04. The van der Waals surface area contributed by atoms with Crippen LogP contribution >= 0.6 is 22.9 Å². The number of hydrogen-bond acceptors (Lipinski definition) is 2. The molecule has 4 heteroatoms. The Hall–Kier alpha value is -0.930. The quantitative estimate of drug-likeness (QED) is 0.720. The summed E-state index contributed by atoms with van der Waals surface area (Å²) < 4.78 is 13.4. The van der Waals surface area contributed by atoms with Gasteiger partial charge in [0.1, 0.15) is 10.8 Å². The summed E-state index contributed by atoms with van der Waals surface area (Å²) in [5.41, 5.74) is 1.36. The molecule has 0 N–H and O–H groups in total. The van der Waals surface area contributed by atoms with Crippen LogP contribution in [0.2, 0.25) is 5.02 Å². The van der Waals surface area contributed by atoms with Gasteiger partial charge < -0.3 is 0 Å². The van der Waals surface area contributed by atoms with Gasteiger partial charge in [-0.25, -0.2) is 9.37 Å². The zero-order valence-corrected chi connectivity index (χ0v) is 8.99. The van der Waals surface area contributed by atoms with Crippen LogP contribution in [-0.4, -0.2) is 4.98 Å². The molecule has 0 radical (unpaired) electrons. The van der Waals surface area contributed by atoms with Gasteiger partial charge in [0, 0.05) is 21.7 Å². The molecule has 0 saturated heterocycles. The molecule has 0 aliphatic rings. The predicted molar refractivity (Wildman–Crippen MR) is 57.3 cm³/mol. The highest BCUT2D eigenvalue weighted by molar-refractivity contribution is 7.13. The van der Waals surface area contributed by atoms with E-state index in [-0.39, 0.29) is 5.82 Å². The predicted octanol–water partition coefficient (Wildman–Crippen LogP) is 3.91. The number of aromatic nitrogens is 1. The number of nitrogens with zero attached hydrogens (tertiary/aromatic N) is 1. The molecular weight excluding hydrogens is 221 g/mol. The fourth-order valence-electron chi connectivity index (χ4n) is 1.14. The highest BCUT2D eigenvalue weighted by Gasteiger charge is 2.08. The first-order chi connectivity index (χ1) is 6.66. The number of thiazole rings is 1. The molecule has 1 nitrogen and oxygen atoms in total. The van der Waals surface area contributed by atoms with Gasteiger partial charge in [-0.15, -0.1) is 11.3 Å². The van der Waals surface area contributed by atoms with Crippen molar-refractivity contribution in [1.82, 2.24) is 4.98 Å². The molecule has 2 aromatic rings. The van der Waals surface area contributed by atoms with Crippen molar-refractivity contribution in [3.63, 3.8) is 0 Å². The molecule has 0 aliphatic carbocycles. The van der Waals surface area contributed by atoms with E-state index < -0.39 is 0 Å². The van der Waals surface area contributed by atoms with E-state index in [9.17, 15) is 4.39 Å². The van der Waals surface area contributed by atoms with Gasteiger partial charge in [0.25, 0.3) is 0 Å². The lowest BCUT2D eigenvalue weighted by Crippen LogP contribution is -1.83. The van der Waals surface area contributed by atoms with E-state index in [0.29, 0.717) is 15.6 Å². The second-order valence-electron chi connectivity index (χ2n) is 2.92. The van der Waals surface area contributed by atoms with Gasteiger partial charge >= 0.3 is 0 Å². The van der Waals surface area contributed by atoms with Crippen molar-refractivity contribution in [2.45, 2.75) is 6.92 Å². The number of benzene rings is 1. The monoisotopic (exact) mass is 227 g/mol. The summed E-state index contributed by atoms with van der Waals surface area (Å²) in [4.78, 5) is 4.20. The van der Waals surface area contributed by atoms with Gasteiger partial charge in [-0.1, -0.05) is 11.6 Å². The number of rotatable bonds is 1. The van der Waals surface area contributed by atoms with Crippen LogP contribution in [0.15, 0.2) is 23.6 Å². The minimum atomic E-state index is -0.288. The molecule has 14 heavy (non-hydrogen) atoms. The van der Waals surface area contributed by atoms with Gasteiger partial charge in [0.2, 0.25) is 0 Å². The summed E-state index contributed by atoms with van der Waals surface area (Å²) in [5.74, 6) is -0.288. The van der Waals surface area contributed by atoms with Crippen molar-refractivity contribution in [1.29, 1.82) is 0 Å². The van der Waals surface area contributed by atoms with Crippen LogP contribution in [0.4, 0.5) is 4.39 Å². The number of aryl methyl sites for hydroxylation is 1. The van der Waals surface area contributed by atoms with Crippen LogP contribution < -0.4 is 0 Å². The van der Waals surface area contributed by atoms with Crippen molar-refractivity contribution in [2.24, 2.45) is 0 Å². The van der Waals surface area contributed by atoms with Crippen LogP contribution in [0.3, 0.4) is 0 Å². The molecule has 1 aromatic heterocycles. The zero-order valence-electron chi connectivity index (χ0n) is 7.42. The van der Waals surface area contributed by atoms with Crippen molar-refractivity contribution in [2.75, 3.05) is 0 Å². The Morgan fingerprint density at radius 1 is 1.43 bits per heavy atom. The van der Waals surface area contributed by atoms with Crippen molar-refractivity contribution >= 4 is 22.9 Å². The summed E-state index contributed by atoms with van der Waals surface area (Å²) in [5, 5.41) is 3.08. The fourth-order valence-corrected chi connectivity index (χ4v) is 2.13. The van der Waals surface area contributed by atoms with Gasteiger partial charge in [0.05, 0.1) is 0 Å². The van der Waals surface area contributed by atoms with Crippen LogP contribution in [0.5, 0.6) is 0 Å². The third kappa shape index (κ3) is 1.79. The molecule has 2 rings (SSSR count). The minimum absolute atomic E-state index is 0.288. The number of halogens is 2. The van der Waals surface area contributed by atoms with Gasteiger partial charge in [-0.3, -0.25) is 0 Å². The molecule has 72 valence electrons. The molecule has 0 atom stereocenters. The highest BCUT2D eigenvalue weighted by atomic mass is 35.5. The molecule has 0 spiro atoms.